The zero-order chi connectivity index (χ0) is 14.7. The Morgan fingerprint density at radius 1 is 1.48 bits per heavy atom. The first kappa shape index (κ1) is 14.6. The average molecular weight is 291 g/mol. The van der Waals surface area contributed by atoms with Gasteiger partial charge in [0.1, 0.15) is 6.04 Å². The third-order valence-corrected chi connectivity index (χ3v) is 4.35. The van der Waals surface area contributed by atoms with Crippen LogP contribution in [-0.2, 0) is 28.9 Å². The number of ether oxygens (including phenoxy) is 1. The van der Waals surface area contributed by atoms with Gasteiger partial charge in [0.05, 0.1) is 18.6 Å². The molecule has 0 bridgehead atoms. The van der Waals surface area contributed by atoms with Gasteiger partial charge in [-0.05, 0) is 51.9 Å². The van der Waals surface area contributed by atoms with Crippen LogP contribution >= 0.6 is 0 Å². The number of carbonyl (C=O) groups is 1. The molecule has 1 aromatic rings. The predicted octanol–water partition coefficient (Wildman–Crippen LogP) is 1.84. The van der Waals surface area contributed by atoms with Crippen LogP contribution in [0.1, 0.15) is 50.4 Å². The van der Waals surface area contributed by atoms with Crippen molar-refractivity contribution in [2.45, 2.75) is 70.5 Å². The molecule has 0 amide bonds. The molecule has 1 N–H and O–H groups in total. The fourth-order valence-corrected chi connectivity index (χ4v) is 3.04. The summed E-state index contributed by atoms with van der Waals surface area (Å²) in [7, 11) is 0. The second-order valence-corrected chi connectivity index (χ2v) is 6.07. The Kier molecular flexibility index (Phi) is 4.58. The van der Waals surface area contributed by atoms with Crippen LogP contribution in [0.3, 0.4) is 0 Å². The average Bonchev–Trinajstić information content (AvgIpc) is 3.22. The van der Waals surface area contributed by atoms with Crippen LogP contribution in [0.5, 0.6) is 0 Å². The molecule has 2 aliphatic rings. The number of rotatable bonds is 7. The zero-order valence-electron chi connectivity index (χ0n) is 12.8. The third kappa shape index (κ3) is 3.64. The van der Waals surface area contributed by atoms with Crippen molar-refractivity contribution in [3.05, 3.63) is 17.7 Å². The molecule has 116 valence electrons. The molecule has 2 aliphatic carbocycles. The van der Waals surface area contributed by atoms with E-state index in [0.717, 1.165) is 25.8 Å². The molecule has 0 aliphatic heterocycles. The van der Waals surface area contributed by atoms with Gasteiger partial charge in [-0.15, -0.1) is 0 Å². The van der Waals surface area contributed by atoms with Crippen molar-refractivity contribution < 1.29 is 9.53 Å². The molecule has 5 heteroatoms. The summed E-state index contributed by atoms with van der Waals surface area (Å²) in [5.74, 6) is -0.113. The SMILES string of the molecule is CCOC(=O)C(CCn1cnc2c1CCCC2)NC1CC1. The molecular formula is C16H25N3O2. The highest BCUT2D eigenvalue weighted by molar-refractivity contribution is 5.75. The highest BCUT2D eigenvalue weighted by atomic mass is 16.5. The Hall–Kier alpha value is -1.36. The quantitative estimate of drug-likeness (QED) is 0.779. The minimum atomic E-state index is -0.181. The maximum atomic E-state index is 12.0. The molecule has 1 unspecified atom stereocenters. The molecule has 0 aromatic carbocycles. The van der Waals surface area contributed by atoms with E-state index in [0.29, 0.717) is 12.6 Å². The lowest BCUT2D eigenvalue weighted by molar-refractivity contribution is -0.146. The summed E-state index contributed by atoms with van der Waals surface area (Å²) >= 11 is 0. The van der Waals surface area contributed by atoms with E-state index in [1.165, 1.54) is 37.1 Å². The lowest BCUT2D eigenvalue weighted by Crippen LogP contribution is -2.40. The van der Waals surface area contributed by atoms with Crippen LogP contribution in [0, 0.1) is 0 Å². The summed E-state index contributed by atoms with van der Waals surface area (Å²) < 4.78 is 7.42. The smallest absolute Gasteiger partial charge is 0.323 e. The second kappa shape index (κ2) is 6.60. The lowest BCUT2D eigenvalue weighted by Gasteiger charge is -2.19. The number of fused-ring (bicyclic) bond motifs is 1. The topological polar surface area (TPSA) is 56.2 Å². The number of aromatic nitrogens is 2. The van der Waals surface area contributed by atoms with Crippen LogP contribution in [0.15, 0.2) is 6.33 Å². The van der Waals surface area contributed by atoms with Crippen LogP contribution in [0.4, 0.5) is 0 Å². The first-order valence-corrected chi connectivity index (χ1v) is 8.23. The van der Waals surface area contributed by atoms with Crippen molar-refractivity contribution >= 4 is 5.97 Å². The van der Waals surface area contributed by atoms with E-state index in [4.69, 9.17) is 4.74 Å². The van der Waals surface area contributed by atoms with Gasteiger partial charge >= 0.3 is 5.97 Å². The van der Waals surface area contributed by atoms with E-state index in [2.05, 4.69) is 14.9 Å². The number of aryl methyl sites for hydroxylation is 2. The van der Waals surface area contributed by atoms with Crippen molar-refractivity contribution in [1.82, 2.24) is 14.9 Å². The number of nitrogens with one attached hydrogen (secondary N) is 1. The van der Waals surface area contributed by atoms with E-state index >= 15 is 0 Å². The summed E-state index contributed by atoms with van der Waals surface area (Å²) in [5.41, 5.74) is 2.62. The van der Waals surface area contributed by atoms with Gasteiger partial charge in [0, 0.05) is 18.3 Å². The Morgan fingerprint density at radius 2 is 2.29 bits per heavy atom. The molecule has 0 saturated heterocycles. The fraction of sp³-hybridized carbons (Fsp3) is 0.750. The van der Waals surface area contributed by atoms with E-state index in [1.54, 1.807) is 0 Å². The molecule has 1 saturated carbocycles. The third-order valence-electron chi connectivity index (χ3n) is 4.35. The predicted molar refractivity (Wildman–Crippen MR) is 80.1 cm³/mol. The highest BCUT2D eigenvalue weighted by Gasteiger charge is 2.29. The highest BCUT2D eigenvalue weighted by Crippen LogP contribution is 2.22. The summed E-state index contributed by atoms with van der Waals surface area (Å²) in [6.07, 6.45) is 9.79. The van der Waals surface area contributed by atoms with Gasteiger partial charge in [-0.3, -0.25) is 4.79 Å². The van der Waals surface area contributed by atoms with Gasteiger partial charge in [0.2, 0.25) is 0 Å². The largest absolute Gasteiger partial charge is 0.465 e. The molecule has 5 nitrogen and oxygen atoms in total. The van der Waals surface area contributed by atoms with Gasteiger partial charge in [-0.25, -0.2) is 4.98 Å². The molecule has 21 heavy (non-hydrogen) atoms. The van der Waals surface area contributed by atoms with Crippen molar-refractivity contribution in [1.29, 1.82) is 0 Å². The number of carbonyl (C=O) groups excluding carboxylic acids is 1. The Morgan fingerprint density at radius 3 is 3.05 bits per heavy atom. The fourth-order valence-electron chi connectivity index (χ4n) is 3.04. The number of esters is 1. The minimum absolute atomic E-state index is 0.113. The second-order valence-electron chi connectivity index (χ2n) is 6.07. The van der Waals surface area contributed by atoms with Crippen molar-refractivity contribution in [3.63, 3.8) is 0 Å². The molecular weight excluding hydrogens is 266 g/mol. The van der Waals surface area contributed by atoms with E-state index < -0.39 is 0 Å². The van der Waals surface area contributed by atoms with Crippen molar-refractivity contribution in [2.24, 2.45) is 0 Å². The number of hydrogen-bond acceptors (Lipinski definition) is 4. The summed E-state index contributed by atoms with van der Waals surface area (Å²) in [6.45, 7) is 3.14. The van der Waals surface area contributed by atoms with Crippen LogP contribution in [0.25, 0.3) is 0 Å². The Balaban J connectivity index is 1.60. The van der Waals surface area contributed by atoms with Gasteiger partial charge in [0.15, 0.2) is 0 Å². The molecule has 1 fully saturated rings. The number of hydrogen-bond donors (Lipinski definition) is 1. The number of imidazole rings is 1. The first-order chi connectivity index (χ1) is 10.3. The van der Waals surface area contributed by atoms with Gasteiger partial charge in [-0.1, -0.05) is 0 Å². The monoisotopic (exact) mass is 291 g/mol. The first-order valence-electron chi connectivity index (χ1n) is 8.23. The van der Waals surface area contributed by atoms with Crippen molar-refractivity contribution in [2.75, 3.05) is 6.61 Å². The zero-order valence-corrected chi connectivity index (χ0v) is 12.8. The maximum Gasteiger partial charge on any atom is 0.323 e. The van der Waals surface area contributed by atoms with Crippen LogP contribution < -0.4 is 5.32 Å². The molecule has 1 heterocycles. The van der Waals surface area contributed by atoms with Crippen LogP contribution in [-0.4, -0.2) is 34.2 Å². The van der Waals surface area contributed by atoms with E-state index in [-0.39, 0.29) is 12.0 Å². The molecule has 0 radical (unpaired) electrons. The standard InChI is InChI=1S/C16H25N3O2/c1-2-21-16(20)14(18-12-7-8-12)9-10-19-11-17-13-5-3-4-6-15(13)19/h11-12,14,18H,2-10H2,1H3. The van der Waals surface area contributed by atoms with E-state index in [9.17, 15) is 4.79 Å². The minimum Gasteiger partial charge on any atom is -0.465 e. The number of nitrogens with zero attached hydrogens (tertiary/aromatic N) is 2. The summed E-state index contributed by atoms with van der Waals surface area (Å²) in [4.78, 5) is 16.6. The van der Waals surface area contributed by atoms with Gasteiger partial charge in [-0.2, -0.15) is 0 Å². The lowest BCUT2D eigenvalue weighted by atomic mass is 10.0. The Labute approximate surface area is 126 Å². The molecule has 0 spiro atoms. The Bertz CT molecular complexity index is 494. The molecule has 3 rings (SSSR count). The maximum absolute atomic E-state index is 12.0. The van der Waals surface area contributed by atoms with Crippen molar-refractivity contribution in [3.8, 4) is 0 Å². The van der Waals surface area contributed by atoms with E-state index in [1.807, 2.05) is 13.3 Å². The summed E-state index contributed by atoms with van der Waals surface area (Å²) in [6, 6.07) is 0.329. The molecule has 1 aromatic heterocycles. The summed E-state index contributed by atoms with van der Waals surface area (Å²) in [5, 5.41) is 3.41. The molecule has 1 atom stereocenters. The van der Waals surface area contributed by atoms with Gasteiger partial charge < -0.3 is 14.6 Å². The normalized spacial score (nSPS) is 19.1. The van der Waals surface area contributed by atoms with Gasteiger partial charge in [0.25, 0.3) is 0 Å². The van der Waals surface area contributed by atoms with Crippen LogP contribution in [0.2, 0.25) is 0 Å².